The topological polar surface area (TPSA) is 55.3 Å². The first kappa shape index (κ1) is 22.9. The molecule has 33 heavy (non-hydrogen) atoms. The van der Waals surface area contributed by atoms with Gasteiger partial charge in [0.2, 0.25) is 0 Å². The van der Waals surface area contributed by atoms with Crippen molar-refractivity contribution in [3.63, 3.8) is 0 Å². The predicted molar refractivity (Wildman–Crippen MR) is 128 cm³/mol. The Kier molecular flexibility index (Phi) is 6.47. The Morgan fingerprint density at radius 3 is 2.61 bits per heavy atom. The van der Waals surface area contributed by atoms with Crippen molar-refractivity contribution in [2.24, 2.45) is 0 Å². The molecule has 1 amide bonds. The second-order valence-corrected chi connectivity index (χ2v) is 9.38. The number of hydrogen-bond acceptors (Lipinski definition) is 4. The molecule has 0 saturated carbocycles. The molecule has 1 aliphatic heterocycles. The molecular weight excluding hydrogens is 441 g/mol. The molecule has 0 aliphatic carbocycles. The maximum absolute atomic E-state index is 14.9. The van der Waals surface area contributed by atoms with E-state index in [2.05, 4.69) is 9.97 Å². The zero-order valence-corrected chi connectivity index (χ0v) is 19.6. The predicted octanol–water partition coefficient (Wildman–Crippen LogP) is 6.40. The fraction of sp³-hybridized carbons (Fsp3) is 0.269. The number of hydrogen-bond donors (Lipinski definition) is 0. The van der Waals surface area contributed by atoms with Gasteiger partial charge in [0.1, 0.15) is 11.4 Å². The second-order valence-electron chi connectivity index (χ2n) is 8.95. The molecule has 170 valence electrons. The lowest BCUT2D eigenvalue weighted by molar-refractivity contribution is 0.0222. The third-order valence-electron chi connectivity index (χ3n) is 5.14. The molecule has 0 radical (unpaired) electrons. The van der Waals surface area contributed by atoms with E-state index in [9.17, 15) is 9.18 Å². The van der Waals surface area contributed by atoms with Gasteiger partial charge in [-0.3, -0.25) is 0 Å². The van der Waals surface area contributed by atoms with Crippen molar-refractivity contribution in [1.82, 2.24) is 14.9 Å². The first-order valence-electron chi connectivity index (χ1n) is 10.7. The summed E-state index contributed by atoms with van der Waals surface area (Å²) in [7, 11) is 0. The molecule has 1 aliphatic rings. The summed E-state index contributed by atoms with van der Waals surface area (Å²) in [5.41, 5.74) is 3.12. The lowest BCUT2D eigenvalue weighted by Crippen LogP contribution is -2.40. The minimum Gasteiger partial charge on any atom is -0.444 e. The number of carbonyl (C=O) groups excluding carboxylic acids is 1. The van der Waals surface area contributed by atoms with Crippen molar-refractivity contribution in [2.45, 2.75) is 39.3 Å². The van der Waals surface area contributed by atoms with Gasteiger partial charge in [0.05, 0.1) is 17.8 Å². The Morgan fingerprint density at radius 2 is 1.91 bits per heavy atom. The van der Waals surface area contributed by atoms with E-state index in [4.69, 9.17) is 16.3 Å². The van der Waals surface area contributed by atoms with Crippen LogP contribution in [-0.2, 0) is 17.7 Å². The van der Waals surface area contributed by atoms with Crippen molar-refractivity contribution in [2.75, 3.05) is 6.54 Å². The van der Waals surface area contributed by atoms with E-state index in [1.54, 1.807) is 23.2 Å². The fourth-order valence-electron chi connectivity index (χ4n) is 3.55. The Labute approximate surface area is 197 Å². The van der Waals surface area contributed by atoms with E-state index in [0.29, 0.717) is 35.9 Å². The number of nitrogens with zero attached hydrogens (tertiary/aromatic N) is 3. The number of amides is 1. The molecule has 0 atom stereocenters. The molecule has 3 aromatic rings. The van der Waals surface area contributed by atoms with Gasteiger partial charge in [-0.2, -0.15) is 0 Å². The highest BCUT2D eigenvalue weighted by molar-refractivity contribution is 6.30. The third-order valence-corrected chi connectivity index (χ3v) is 5.37. The maximum Gasteiger partial charge on any atom is 0.410 e. The molecule has 1 aromatic heterocycles. The van der Waals surface area contributed by atoms with Gasteiger partial charge in [-0.05, 0) is 56.2 Å². The summed E-state index contributed by atoms with van der Waals surface area (Å²) in [6, 6.07) is 12.4. The Hall–Kier alpha value is -3.25. The van der Waals surface area contributed by atoms with E-state index in [0.717, 1.165) is 22.4 Å². The summed E-state index contributed by atoms with van der Waals surface area (Å²) in [6.07, 6.45) is 5.58. The number of fused-ring (bicyclic) bond motifs is 1. The van der Waals surface area contributed by atoms with Crippen LogP contribution in [0.2, 0.25) is 5.02 Å². The average molecular weight is 466 g/mol. The highest BCUT2D eigenvalue weighted by Gasteiger charge is 2.27. The highest BCUT2D eigenvalue weighted by atomic mass is 35.5. The van der Waals surface area contributed by atoms with Crippen molar-refractivity contribution >= 4 is 29.8 Å². The number of ether oxygens (including phenoxy) is 1. The third kappa shape index (κ3) is 5.76. The van der Waals surface area contributed by atoms with Crippen LogP contribution in [0.3, 0.4) is 0 Å². The minimum atomic E-state index is -0.551. The molecule has 0 bridgehead atoms. The molecule has 0 unspecified atom stereocenters. The van der Waals surface area contributed by atoms with Gasteiger partial charge in [-0.25, -0.2) is 19.2 Å². The summed E-state index contributed by atoms with van der Waals surface area (Å²) >= 11 is 6.01. The van der Waals surface area contributed by atoms with Crippen LogP contribution in [0.25, 0.3) is 23.5 Å². The van der Waals surface area contributed by atoms with Crippen LogP contribution in [-0.4, -0.2) is 33.1 Å². The number of rotatable bonds is 3. The molecule has 0 saturated heterocycles. The summed E-state index contributed by atoms with van der Waals surface area (Å²) in [5.74, 6) is -0.0586. The minimum absolute atomic E-state index is 0.335. The Morgan fingerprint density at radius 1 is 1.15 bits per heavy atom. The summed E-state index contributed by atoms with van der Waals surface area (Å²) in [4.78, 5) is 22.9. The Balaban J connectivity index is 1.50. The second kappa shape index (κ2) is 9.32. The zero-order chi connectivity index (χ0) is 23.6. The first-order valence-corrected chi connectivity index (χ1v) is 11.1. The van der Waals surface area contributed by atoms with Gasteiger partial charge in [0.15, 0.2) is 5.82 Å². The van der Waals surface area contributed by atoms with E-state index < -0.39 is 11.4 Å². The lowest BCUT2D eigenvalue weighted by atomic mass is 10.1. The Bertz CT molecular complexity index is 1220. The van der Waals surface area contributed by atoms with Crippen molar-refractivity contribution in [3.05, 3.63) is 81.9 Å². The number of benzene rings is 2. The maximum atomic E-state index is 14.9. The van der Waals surface area contributed by atoms with E-state index in [1.165, 1.54) is 6.07 Å². The van der Waals surface area contributed by atoms with Crippen molar-refractivity contribution in [3.8, 4) is 11.4 Å². The van der Waals surface area contributed by atoms with Crippen molar-refractivity contribution < 1.29 is 13.9 Å². The summed E-state index contributed by atoms with van der Waals surface area (Å²) in [5, 5.41) is 0.650. The van der Waals surface area contributed by atoms with Gasteiger partial charge < -0.3 is 9.64 Å². The van der Waals surface area contributed by atoms with Crippen LogP contribution in [0.5, 0.6) is 0 Å². The van der Waals surface area contributed by atoms with Crippen LogP contribution in [0.15, 0.2) is 48.7 Å². The van der Waals surface area contributed by atoms with Crippen LogP contribution in [0.4, 0.5) is 9.18 Å². The quantitative estimate of drug-likeness (QED) is 0.420. The molecule has 0 spiro atoms. The standard InChI is InChI=1S/C26H25ClFN3O2/c1-26(2,3)33-25(32)31-12-11-23-19(16-31)15-29-24(30-23)21-10-9-18(14-22(21)28)8-7-17-5-4-6-20(27)13-17/h4-10,13-15H,11-12,16H2,1-3H3. The van der Waals surface area contributed by atoms with Crippen LogP contribution in [0, 0.1) is 5.82 Å². The van der Waals surface area contributed by atoms with Gasteiger partial charge in [0, 0.05) is 29.7 Å². The lowest BCUT2D eigenvalue weighted by Gasteiger charge is -2.30. The van der Waals surface area contributed by atoms with E-state index in [-0.39, 0.29) is 6.09 Å². The molecule has 2 aromatic carbocycles. The largest absolute Gasteiger partial charge is 0.444 e. The molecule has 4 rings (SSSR count). The molecule has 0 N–H and O–H groups in total. The molecule has 2 heterocycles. The molecule has 5 nitrogen and oxygen atoms in total. The number of halogens is 2. The summed E-state index contributed by atoms with van der Waals surface area (Å²) in [6.45, 7) is 6.38. The molecular formula is C26H25ClFN3O2. The van der Waals surface area contributed by atoms with Crippen LogP contribution < -0.4 is 0 Å². The van der Waals surface area contributed by atoms with Gasteiger partial charge in [-0.15, -0.1) is 0 Å². The highest BCUT2D eigenvalue weighted by Crippen LogP contribution is 2.25. The number of carbonyl (C=O) groups is 1. The summed E-state index contributed by atoms with van der Waals surface area (Å²) < 4.78 is 20.3. The van der Waals surface area contributed by atoms with E-state index in [1.807, 2.05) is 57.2 Å². The van der Waals surface area contributed by atoms with Crippen LogP contribution in [0.1, 0.15) is 43.2 Å². The van der Waals surface area contributed by atoms with E-state index >= 15 is 0 Å². The van der Waals surface area contributed by atoms with Gasteiger partial charge in [0.25, 0.3) is 0 Å². The molecule has 7 heteroatoms. The van der Waals surface area contributed by atoms with Gasteiger partial charge >= 0.3 is 6.09 Å². The SMILES string of the molecule is CC(C)(C)OC(=O)N1CCc2nc(-c3ccc(C=Cc4cccc(Cl)c4)cc3F)ncc2C1. The van der Waals surface area contributed by atoms with Gasteiger partial charge in [-0.1, -0.05) is 42.0 Å². The smallest absolute Gasteiger partial charge is 0.410 e. The average Bonchev–Trinajstić information content (AvgIpc) is 2.76. The fourth-order valence-corrected chi connectivity index (χ4v) is 3.75. The molecule has 0 fully saturated rings. The monoisotopic (exact) mass is 465 g/mol. The normalized spacial score (nSPS) is 13.8. The number of aromatic nitrogens is 2. The zero-order valence-electron chi connectivity index (χ0n) is 18.8. The first-order chi connectivity index (χ1) is 15.7. The van der Waals surface area contributed by atoms with Crippen LogP contribution >= 0.6 is 11.6 Å². The van der Waals surface area contributed by atoms with Crippen molar-refractivity contribution in [1.29, 1.82) is 0 Å².